The van der Waals surface area contributed by atoms with E-state index in [1.807, 2.05) is 6.08 Å². The van der Waals surface area contributed by atoms with Gasteiger partial charge in [0.2, 0.25) is 0 Å². The lowest BCUT2D eigenvalue weighted by Gasteiger charge is -1.99. The van der Waals surface area contributed by atoms with Crippen LogP contribution in [0.3, 0.4) is 0 Å². The molecule has 0 bridgehead atoms. The molecule has 18 heavy (non-hydrogen) atoms. The van der Waals surface area contributed by atoms with Crippen molar-refractivity contribution in [1.82, 2.24) is 0 Å². The van der Waals surface area contributed by atoms with E-state index < -0.39 is 0 Å². The maximum atomic E-state index is 3.75. The SMILES string of the molecule is C=CCCCCCCCCC=CCCCCCC. The van der Waals surface area contributed by atoms with Crippen molar-refractivity contribution < 1.29 is 0 Å². The van der Waals surface area contributed by atoms with Gasteiger partial charge in [0.05, 0.1) is 0 Å². The highest BCUT2D eigenvalue weighted by Gasteiger charge is 1.90. The monoisotopic (exact) mass is 250 g/mol. The van der Waals surface area contributed by atoms with E-state index >= 15 is 0 Å². The normalized spacial score (nSPS) is 11.2. The van der Waals surface area contributed by atoms with Crippen LogP contribution in [-0.4, -0.2) is 0 Å². The van der Waals surface area contributed by atoms with E-state index in [-0.39, 0.29) is 0 Å². The van der Waals surface area contributed by atoms with Crippen LogP contribution in [0.2, 0.25) is 0 Å². The summed E-state index contributed by atoms with van der Waals surface area (Å²) < 4.78 is 0. The Bertz CT molecular complexity index is 178. The highest BCUT2D eigenvalue weighted by atomic mass is 14.0. The van der Waals surface area contributed by atoms with Crippen LogP contribution in [0.15, 0.2) is 24.8 Å². The van der Waals surface area contributed by atoms with Crippen molar-refractivity contribution in [2.24, 2.45) is 0 Å². The van der Waals surface area contributed by atoms with E-state index in [0.717, 1.165) is 0 Å². The van der Waals surface area contributed by atoms with Crippen molar-refractivity contribution in [2.45, 2.75) is 90.4 Å². The van der Waals surface area contributed by atoms with Crippen molar-refractivity contribution in [3.05, 3.63) is 24.8 Å². The molecule has 0 atom stereocenters. The van der Waals surface area contributed by atoms with Gasteiger partial charge in [-0.2, -0.15) is 0 Å². The third kappa shape index (κ3) is 15.5. The lowest BCUT2D eigenvalue weighted by Crippen LogP contribution is -1.79. The maximum absolute atomic E-state index is 3.75. The lowest BCUT2D eigenvalue weighted by atomic mass is 10.1. The first-order valence-corrected chi connectivity index (χ1v) is 8.17. The van der Waals surface area contributed by atoms with Crippen molar-refractivity contribution in [3.8, 4) is 0 Å². The Morgan fingerprint density at radius 1 is 0.611 bits per heavy atom. The van der Waals surface area contributed by atoms with Gasteiger partial charge in [0.25, 0.3) is 0 Å². The number of rotatable bonds is 14. The summed E-state index contributed by atoms with van der Waals surface area (Å²) in [5.41, 5.74) is 0. The Kier molecular flexibility index (Phi) is 16.0. The predicted molar refractivity (Wildman–Crippen MR) is 85.0 cm³/mol. The van der Waals surface area contributed by atoms with Gasteiger partial charge in [0.1, 0.15) is 0 Å². The van der Waals surface area contributed by atoms with Crippen LogP contribution in [0.1, 0.15) is 90.4 Å². The Labute approximate surface area is 116 Å². The average molecular weight is 250 g/mol. The molecule has 0 heterocycles. The second-order valence-corrected chi connectivity index (χ2v) is 5.31. The zero-order valence-electron chi connectivity index (χ0n) is 12.6. The Hall–Kier alpha value is -0.520. The summed E-state index contributed by atoms with van der Waals surface area (Å²) in [6.07, 6.45) is 24.5. The third-order valence-corrected chi connectivity index (χ3v) is 3.42. The smallest absolute Gasteiger partial charge is 0.0351 e. The van der Waals surface area contributed by atoms with Gasteiger partial charge < -0.3 is 0 Å². The quantitative estimate of drug-likeness (QED) is 0.234. The lowest BCUT2D eigenvalue weighted by molar-refractivity contribution is 0.599. The number of hydrogen-bond donors (Lipinski definition) is 0. The molecule has 0 N–H and O–H groups in total. The number of allylic oxidation sites excluding steroid dienone is 3. The second-order valence-electron chi connectivity index (χ2n) is 5.31. The highest BCUT2D eigenvalue weighted by Crippen LogP contribution is 2.09. The van der Waals surface area contributed by atoms with Crippen LogP contribution in [0.5, 0.6) is 0 Å². The highest BCUT2D eigenvalue weighted by molar-refractivity contribution is 4.81. The summed E-state index contributed by atoms with van der Waals surface area (Å²) >= 11 is 0. The van der Waals surface area contributed by atoms with E-state index in [9.17, 15) is 0 Å². The van der Waals surface area contributed by atoms with Gasteiger partial charge in [-0.3, -0.25) is 0 Å². The molecule has 0 amide bonds. The van der Waals surface area contributed by atoms with E-state index in [4.69, 9.17) is 0 Å². The summed E-state index contributed by atoms with van der Waals surface area (Å²) in [5, 5.41) is 0. The summed E-state index contributed by atoms with van der Waals surface area (Å²) in [5.74, 6) is 0. The van der Waals surface area contributed by atoms with Gasteiger partial charge in [-0.25, -0.2) is 0 Å². The van der Waals surface area contributed by atoms with Gasteiger partial charge in [-0.1, -0.05) is 70.1 Å². The first-order valence-electron chi connectivity index (χ1n) is 8.17. The average Bonchev–Trinajstić information content (AvgIpc) is 2.39. The predicted octanol–water partition coefficient (Wildman–Crippen LogP) is 6.82. The number of unbranched alkanes of at least 4 members (excludes halogenated alkanes) is 11. The van der Waals surface area contributed by atoms with Gasteiger partial charge >= 0.3 is 0 Å². The molecule has 0 nitrogen and oxygen atoms in total. The molecule has 0 saturated carbocycles. The molecule has 0 fully saturated rings. The molecule has 0 aromatic rings. The van der Waals surface area contributed by atoms with Crippen LogP contribution in [0.25, 0.3) is 0 Å². The fraction of sp³-hybridized carbons (Fsp3) is 0.778. The van der Waals surface area contributed by atoms with Crippen LogP contribution in [-0.2, 0) is 0 Å². The van der Waals surface area contributed by atoms with Crippen molar-refractivity contribution in [3.63, 3.8) is 0 Å². The molecule has 0 rings (SSSR count). The minimum atomic E-state index is 1.20. The molecule has 0 aromatic heterocycles. The molecule has 0 aliphatic heterocycles. The molecule has 106 valence electrons. The number of hydrogen-bond acceptors (Lipinski definition) is 0. The Balaban J connectivity index is 3.01. The third-order valence-electron chi connectivity index (χ3n) is 3.42. The minimum absolute atomic E-state index is 1.20. The van der Waals surface area contributed by atoms with E-state index in [2.05, 4.69) is 25.7 Å². The molecule has 0 saturated heterocycles. The largest absolute Gasteiger partial charge is 0.103 e. The first kappa shape index (κ1) is 17.5. The summed E-state index contributed by atoms with van der Waals surface area (Å²) in [6, 6.07) is 0. The van der Waals surface area contributed by atoms with Crippen molar-refractivity contribution >= 4 is 0 Å². The van der Waals surface area contributed by atoms with E-state index in [1.165, 1.54) is 83.5 Å². The fourth-order valence-electron chi connectivity index (χ4n) is 2.18. The summed E-state index contributed by atoms with van der Waals surface area (Å²) in [6.45, 7) is 6.02. The molecule has 0 aliphatic carbocycles. The topological polar surface area (TPSA) is 0 Å². The Morgan fingerprint density at radius 3 is 1.56 bits per heavy atom. The minimum Gasteiger partial charge on any atom is -0.103 e. The summed E-state index contributed by atoms with van der Waals surface area (Å²) in [4.78, 5) is 0. The molecule has 0 aromatic carbocycles. The van der Waals surface area contributed by atoms with Gasteiger partial charge in [0, 0.05) is 0 Å². The van der Waals surface area contributed by atoms with Crippen LogP contribution >= 0.6 is 0 Å². The molecule has 0 spiro atoms. The van der Waals surface area contributed by atoms with Gasteiger partial charge in [0.15, 0.2) is 0 Å². The molecule has 0 heteroatoms. The van der Waals surface area contributed by atoms with Gasteiger partial charge in [-0.05, 0) is 38.5 Å². The molecular formula is C18H34. The molecule has 0 radical (unpaired) electrons. The van der Waals surface area contributed by atoms with Crippen LogP contribution in [0, 0.1) is 0 Å². The maximum Gasteiger partial charge on any atom is -0.0351 e. The zero-order valence-corrected chi connectivity index (χ0v) is 12.6. The fourth-order valence-corrected chi connectivity index (χ4v) is 2.18. The summed E-state index contributed by atoms with van der Waals surface area (Å²) in [7, 11) is 0. The van der Waals surface area contributed by atoms with Crippen LogP contribution < -0.4 is 0 Å². The first-order chi connectivity index (χ1) is 8.91. The van der Waals surface area contributed by atoms with Crippen molar-refractivity contribution in [2.75, 3.05) is 0 Å². The van der Waals surface area contributed by atoms with Crippen molar-refractivity contribution in [1.29, 1.82) is 0 Å². The second kappa shape index (κ2) is 16.5. The van der Waals surface area contributed by atoms with Gasteiger partial charge in [-0.15, -0.1) is 6.58 Å². The van der Waals surface area contributed by atoms with Crippen LogP contribution in [0.4, 0.5) is 0 Å². The molecular weight excluding hydrogens is 216 g/mol. The Morgan fingerprint density at radius 2 is 1.06 bits per heavy atom. The van der Waals surface area contributed by atoms with E-state index in [0.29, 0.717) is 0 Å². The zero-order chi connectivity index (χ0) is 13.3. The van der Waals surface area contributed by atoms with E-state index in [1.54, 1.807) is 0 Å². The molecule has 0 unspecified atom stereocenters. The standard InChI is InChI=1S/C18H34/c1-3-5-7-9-11-13-15-17-18-16-14-12-10-8-6-4-2/h3,14,16H,1,4-13,15,17-18H2,2H3. The molecule has 0 aliphatic rings.